The average Bonchev–Trinajstić information content (AvgIpc) is 4.23. The minimum absolute atomic E-state index is 0. The van der Waals surface area contributed by atoms with Gasteiger partial charge in [0.2, 0.25) is 5.91 Å². The molecule has 5 heterocycles. The van der Waals surface area contributed by atoms with E-state index in [0.29, 0.717) is 52.7 Å². The maximum absolute atomic E-state index is 13.2. The molecule has 2 aromatic carbocycles. The molecule has 0 saturated heterocycles. The largest absolute Gasteiger partial charge is 1.00 e. The molecule has 5 aromatic heterocycles. The molecular weight excluding hydrogens is 1030 g/mol. The van der Waals surface area contributed by atoms with E-state index in [0.717, 1.165) is 24.4 Å². The Kier molecular flexibility index (Phi) is 33.8. The van der Waals surface area contributed by atoms with Crippen LogP contribution < -0.4 is 35.6 Å². The van der Waals surface area contributed by atoms with E-state index in [2.05, 4.69) is 24.6 Å². The summed E-state index contributed by atoms with van der Waals surface area (Å²) in [7, 11) is 0. The number of aldehydes is 1. The Morgan fingerprint density at radius 2 is 1.22 bits per heavy atom. The van der Waals surface area contributed by atoms with Gasteiger partial charge < -0.3 is 55.2 Å². The van der Waals surface area contributed by atoms with Crippen LogP contribution in [0.3, 0.4) is 0 Å². The van der Waals surface area contributed by atoms with Crippen LogP contribution in [0, 0.1) is 13.8 Å². The van der Waals surface area contributed by atoms with E-state index in [-0.39, 0.29) is 73.1 Å². The van der Waals surface area contributed by atoms with E-state index in [1.807, 2.05) is 0 Å². The normalized spacial score (nSPS) is 10.9. The molecule has 0 aliphatic heterocycles. The zero-order valence-corrected chi connectivity index (χ0v) is 41.7. The molecule has 0 spiro atoms. The molecule has 0 bridgehead atoms. The third-order valence-electron chi connectivity index (χ3n) is 8.82. The van der Waals surface area contributed by atoms with Crippen LogP contribution in [0.15, 0.2) is 175 Å². The molecule has 7 rings (SSSR count). The summed E-state index contributed by atoms with van der Waals surface area (Å²) in [5.74, 6) is 0.355. The van der Waals surface area contributed by atoms with Crippen LogP contribution in [0.1, 0.15) is 75.6 Å². The fourth-order valence-electron chi connectivity index (χ4n) is 5.52. The molecule has 1 amide bonds. The number of carboxylic acids is 1. The van der Waals surface area contributed by atoms with Gasteiger partial charge in [0.1, 0.15) is 17.3 Å². The number of aryl methyl sites for hydroxylation is 2. The number of carboxylic acid groups (broad SMARTS) is 1. The molecule has 7 aromatic rings. The van der Waals surface area contributed by atoms with E-state index < -0.39 is 35.4 Å². The number of aliphatic carboxylic acids is 1. The van der Waals surface area contributed by atoms with Gasteiger partial charge in [0.25, 0.3) is 0 Å². The van der Waals surface area contributed by atoms with Crippen molar-refractivity contribution in [2.75, 3.05) is 11.9 Å². The number of alkyl halides is 6. The van der Waals surface area contributed by atoms with Crippen molar-refractivity contribution in [3.05, 3.63) is 209 Å². The molecular formula is C53H57F6LiN6O12. The number of nitrogens with one attached hydrogen (secondary N) is 1. The second-order valence-corrected chi connectivity index (χ2v) is 14.6. The quantitative estimate of drug-likeness (QED) is 0.0202. The number of halogens is 6. The van der Waals surface area contributed by atoms with Crippen molar-refractivity contribution in [1.82, 2.24) is 9.78 Å². The number of ether oxygens (including phenoxy) is 1. The number of rotatable bonds is 14. The number of carbonyl (C=O) groups excluding carboxylic acids is 3. The number of hydrogen-bond donors (Lipinski definition) is 4. The Morgan fingerprint density at radius 3 is 1.64 bits per heavy atom. The summed E-state index contributed by atoms with van der Waals surface area (Å²) in [6.07, 6.45) is 11.1. The van der Waals surface area contributed by atoms with E-state index >= 15 is 0 Å². The summed E-state index contributed by atoms with van der Waals surface area (Å²) >= 11 is 0. The van der Waals surface area contributed by atoms with Crippen molar-refractivity contribution in [3.8, 4) is 0 Å². The Bertz CT molecular complexity index is 2950. The predicted molar refractivity (Wildman–Crippen MR) is 275 cm³/mol. The number of allylic oxidation sites excluding steroid dienone is 1. The number of furan rings is 4. The van der Waals surface area contributed by atoms with Crippen LogP contribution in [0.2, 0.25) is 0 Å². The maximum Gasteiger partial charge on any atom is 1.00 e. The molecule has 18 nitrogen and oxygen atoms in total. The van der Waals surface area contributed by atoms with Crippen molar-refractivity contribution < 1.29 is 103 Å². The van der Waals surface area contributed by atoms with Crippen molar-refractivity contribution in [2.24, 2.45) is 16.5 Å². The van der Waals surface area contributed by atoms with Crippen molar-refractivity contribution >= 4 is 54.3 Å². The van der Waals surface area contributed by atoms with Gasteiger partial charge in [-0.05, 0) is 111 Å². The summed E-state index contributed by atoms with van der Waals surface area (Å²) in [5.41, 5.74) is 11.0. The minimum atomic E-state index is -4.44. The van der Waals surface area contributed by atoms with Crippen LogP contribution >= 0.6 is 0 Å². The molecule has 414 valence electrons. The molecule has 0 atom stereocenters. The van der Waals surface area contributed by atoms with Gasteiger partial charge >= 0.3 is 43.2 Å². The van der Waals surface area contributed by atoms with Crippen molar-refractivity contribution in [1.29, 1.82) is 0 Å². The van der Waals surface area contributed by atoms with Gasteiger partial charge in [-0.2, -0.15) is 31.4 Å². The Labute approximate surface area is 456 Å². The molecule has 0 aliphatic rings. The molecule has 0 fully saturated rings. The molecule has 9 N–H and O–H groups in total. The fourth-order valence-corrected chi connectivity index (χ4v) is 5.52. The Hall–Kier alpha value is -8.82. The smallest absolute Gasteiger partial charge is 0.870 e. The van der Waals surface area contributed by atoms with Gasteiger partial charge in [0.15, 0.2) is 12.0 Å². The predicted octanol–water partition coefficient (Wildman–Crippen LogP) is 7.81. The second kappa shape index (κ2) is 37.0. The number of nitrogens with zero attached hydrogens (tertiary/aromatic N) is 3. The number of amides is 1. The number of esters is 1. The topological polar surface area (TPSA) is 306 Å². The molecule has 0 aliphatic carbocycles. The van der Waals surface area contributed by atoms with E-state index in [1.165, 1.54) is 78.5 Å². The molecule has 0 unspecified atom stereocenters. The third kappa shape index (κ3) is 28.2. The number of nitrogens with two attached hydrogens (primary N) is 2. The molecule has 25 heteroatoms. The van der Waals surface area contributed by atoms with E-state index in [4.69, 9.17) is 29.8 Å². The zero-order chi connectivity index (χ0) is 54.5. The van der Waals surface area contributed by atoms with E-state index in [1.54, 1.807) is 93.8 Å². The second-order valence-electron chi connectivity index (χ2n) is 14.6. The van der Waals surface area contributed by atoms with Gasteiger partial charge in [-0.25, -0.2) is 9.59 Å². The minimum Gasteiger partial charge on any atom is -0.870 e. The molecule has 78 heavy (non-hydrogen) atoms. The monoisotopic (exact) mass is 1090 g/mol. The number of anilines is 1. The number of aliphatic imine (C=N–C) groups is 1. The summed E-state index contributed by atoms with van der Waals surface area (Å²) in [4.78, 5) is 46.2. The van der Waals surface area contributed by atoms with Crippen LogP contribution in [0.5, 0.6) is 0 Å². The summed E-state index contributed by atoms with van der Waals surface area (Å²) in [5, 5.41) is 14.8. The van der Waals surface area contributed by atoms with Gasteiger partial charge in [0.05, 0.1) is 73.5 Å². The summed E-state index contributed by atoms with van der Waals surface area (Å²) in [6, 6.07) is 21.9. The number of carbonyl (C=O) groups is 4. The van der Waals surface area contributed by atoms with Crippen LogP contribution in [0.25, 0.3) is 18.2 Å². The summed E-state index contributed by atoms with van der Waals surface area (Å²) in [6.45, 7) is 5.21. The van der Waals surface area contributed by atoms with Gasteiger partial charge in [-0.1, -0.05) is 42.8 Å². The first kappa shape index (κ1) is 71.3. The van der Waals surface area contributed by atoms with Crippen LogP contribution in [0.4, 0.5) is 32.0 Å². The Morgan fingerprint density at radius 1 is 0.756 bits per heavy atom. The van der Waals surface area contributed by atoms with Gasteiger partial charge in [0, 0.05) is 36.8 Å². The standard InChI is InChI=1S/C19H16F3N3O2.C12H14F3N3.C9H10O3.C7H6O3.C5H4O2.CH4.Li.2H2O/c1-13-4-5-14(17(9-13)19(20,21)22)11-25-12-15(10-23-25)24-18(26)7-6-16-3-2-8-27-16;1-8-2-3-9(6-18-7-10(17)5-16)11(4-8)12(13,14)15;1-2-11-9(10)6-5-8-4-3-7-12-8;8-7(9)4-3-6-2-1-5-10-6;6-4-5-2-1-3-7-5;;;;/h2-10,12H,11H2,1H3,(H,24,26);2-5,7H,6,16-17H2,1H3;3-7H,2H2,1H3;1-5H,(H,8,9);1-4H;1H4;;2*1H2/q;;;;;;+1;;/p-1/b7-6+;;6-5+;4-3+;;;;;. The fraction of sp³-hybridized carbons (Fsp3) is 0.170. The first-order valence-electron chi connectivity index (χ1n) is 21.6. The summed E-state index contributed by atoms with van der Waals surface area (Å²) < 4.78 is 103. The average molecular weight is 1090 g/mol. The van der Waals surface area contributed by atoms with Crippen molar-refractivity contribution in [3.63, 3.8) is 0 Å². The first-order valence-corrected chi connectivity index (χ1v) is 21.6. The zero-order valence-electron chi connectivity index (χ0n) is 41.7. The maximum atomic E-state index is 13.2. The SMILES string of the molecule is C.CCOC(=O)/C=C/c1ccco1.Cc1ccc(CN=CC(N)=CN)c(C(F)(F)F)c1.Cc1ccc(Cn2cc(NC(=O)/C=C/c3ccco3)cn2)c(C(F)(F)F)c1.O.O=C(O)/C=C/c1ccco1.O=Cc1ccco1.[Li+].[OH-]. The van der Waals surface area contributed by atoms with E-state index in [9.17, 15) is 45.5 Å². The first-order chi connectivity index (χ1) is 35.2. The Balaban J connectivity index is 0. The number of benzene rings is 2. The number of aromatic nitrogens is 2. The van der Waals surface area contributed by atoms with Gasteiger partial charge in [-0.3, -0.25) is 19.3 Å². The number of hydrogen-bond acceptors (Lipinski definition) is 14. The third-order valence-corrected chi connectivity index (χ3v) is 8.82. The molecule has 0 radical (unpaired) electrons. The molecule has 0 saturated carbocycles. The van der Waals surface area contributed by atoms with Gasteiger partial charge in [-0.15, -0.1) is 0 Å². The van der Waals surface area contributed by atoms with Crippen LogP contribution in [-0.4, -0.2) is 62.8 Å². The van der Waals surface area contributed by atoms with Crippen LogP contribution in [-0.2, 0) is 44.6 Å². The van der Waals surface area contributed by atoms with Crippen molar-refractivity contribution in [2.45, 2.75) is 53.6 Å².